The minimum atomic E-state index is 1.11. The summed E-state index contributed by atoms with van der Waals surface area (Å²) in [4.78, 5) is 0. The van der Waals surface area contributed by atoms with Gasteiger partial charge in [0, 0.05) is 17.0 Å². The molecule has 0 heterocycles. The Labute approximate surface area is 105 Å². The van der Waals surface area contributed by atoms with Crippen molar-refractivity contribution in [2.45, 2.75) is 27.7 Å². The molecule has 0 fully saturated rings. The maximum absolute atomic E-state index is 3.45. The maximum Gasteiger partial charge on any atom is 0.0417 e. The summed E-state index contributed by atoms with van der Waals surface area (Å²) in [6.45, 7) is 8.24. The van der Waals surface area contributed by atoms with E-state index in [1.807, 2.05) is 19.9 Å². The Morgan fingerprint density at radius 2 is 1.76 bits per heavy atom. The molecule has 0 radical (unpaired) electrons. The zero-order valence-electron chi connectivity index (χ0n) is 11.1. The molecule has 1 N–H and O–H groups in total. The highest BCUT2D eigenvalue weighted by molar-refractivity contribution is 5.68. The van der Waals surface area contributed by atoms with Gasteiger partial charge < -0.3 is 5.32 Å². The standard InChI is InChI=1S/C16H21N/c1-5-10-14(6-2)17-16(7-3)15-12-9-8-11-13(15)4/h5-12,17H,1-4H3/b10-5-,14-6+,16-7+. The zero-order valence-corrected chi connectivity index (χ0v) is 11.1. The van der Waals surface area contributed by atoms with Crippen molar-refractivity contribution >= 4 is 5.70 Å². The summed E-state index contributed by atoms with van der Waals surface area (Å²) in [6.07, 6.45) is 8.28. The average Bonchev–Trinajstić information content (AvgIpc) is 2.35. The van der Waals surface area contributed by atoms with E-state index in [4.69, 9.17) is 0 Å². The van der Waals surface area contributed by atoms with Crippen LogP contribution in [0.1, 0.15) is 31.9 Å². The number of benzene rings is 1. The average molecular weight is 227 g/mol. The predicted octanol–water partition coefficient (Wildman–Crippen LogP) is 4.43. The van der Waals surface area contributed by atoms with Crippen LogP contribution in [0.15, 0.2) is 54.3 Å². The Bertz CT molecular complexity index is 450. The van der Waals surface area contributed by atoms with Gasteiger partial charge in [0.15, 0.2) is 0 Å². The van der Waals surface area contributed by atoms with Gasteiger partial charge in [0.05, 0.1) is 0 Å². The molecule has 0 saturated heterocycles. The smallest absolute Gasteiger partial charge is 0.0417 e. The van der Waals surface area contributed by atoms with Crippen LogP contribution in [0.3, 0.4) is 0 Å². The molecule has 0 unspecified atom stereocenters. The first-order chi connectivity index (χ1) is 8.22. The first-order valence-corrected chi connectivity index (χ1v) is 6.01. The molecule has 1 aromatic rings. The molecule has 1 aromatic carbocycles. The van der Waals surface area contributed by atoms with Crippen molar-refractivity contribution in [3.05, 3.63) is 65.4 Å². The van der Waals surface area contributed by atoms with Gasteiger partial charge in [0.2, 0.25) is 0 Å². The van der Waals surface area contributed by atoms with Gasteiger partial charge in [-0.05, 0) is 39.3 Å². The van der Waals surface area contributed by atoms with Crippen LogP contribution < -0.4 is 5.32 Å². The van der Waals surface area contributed by atoms with Gasteiger partial charge >= 0.3 is 0 Å². The van der Waals surface area contributed by atoms with E-state index in [0.29, 0.717) is 0 Å². The molecule has 17 heavy (non-hydrogen) atoms. The van der Waals surface area contributed by atoms with Gasteiger partial charge in [-0.2, -0.15) is 0 Å². The molecule has 0 aliphatic heterocycles. The topological polar surface area (TPSA) is 12.0 Å². The third kappa shape index (κ3) is 3.63. The van der Waals surface area contributed by atoms with Gasteiger partial charge in [-0.1, -0.05) is 42.5 Å². The SMILES string of the molecule is C/C=C\C(=C/C)N/C(=C/C)c1ccccc1C. The van der Waals surface area contributed by atoms with Crippen molar-refractivity contribution in [2.24, 2.45) is 0 Å². The van der Waals surface area contributed by atoms with Crippen LogP contribution in [0.2, 0.25) is 0 Å². The summed E-state index contributed by atoms with van der Waals surface area (Å²) in [5, 5.41) is 3.45. The summed E-state index contributed by atoms with van der Waals surface area (Å²) in [5.41, 5.74) is 4.79. The first-order valence-electron chi connectivity index (χ1n) is 6.01. The Kier molecular flexibility index (Phi) is 5.28. The van der Waals surface area contributed by atoms with Crippen molar-refractivity contribution < 1.29 is 0 Å². The van der Waals surface area contributed by atoms with E-state index in [9.17, 15) is 0 Å². The van der Waals surface area contributed by atoms with Gasteiger partial charge in [0.1, 0.15) is 0 Å². The van der Waals surface area contributed by atoms with Crippen LogP contribution >= 0.6 is 0 Å². The quantitative estimate of drug-likeness (QED) is 0.750. The van der Waals surface area contributed by atoms with Crippen LogP contribution in [0.4, 0.5) is 0 Å². The molecule has 0 spiro atoms. The van der Waals surface area contributed by atoms with Crippen LogP contribution in [0.5, 0.6) is 0 Å². The fraction of sp³-hybridized carbons (Fsp3) is 0.250. The summed E-state index contributed by atoms with van der Waals surface area (Å²) < 4.78 is 0. The molecule has 1 heteroatoms. The Hall–Kier alpha value is -1.76. The largest absolute Gasteiger partial charge is 0.356 e. The lowest BCUT2D eigenvalue weighted by Gasteiger charge is -2.13. The lowest BCUT2D eigenvalue weighted by molar-refractivity contribution is 1.11. The van der Waals surface area contributed by atoms with E-state index >= 15 is 0 Å². The van der Waals surface area contributed by atoms with E-state index < -0.39 is 0 Å². The van der Waals surface area contributed by atoms with E-state index in [1.54, 1.807) is 0 Å². The monoisotopic (exact) mass is 227 g/mol. The Morgan fingerprint density at radius 3 is 2.29 bits per heavy atom. The number of allylic oxidation sites excluding steroid dienone is 4. The summed E-state index contributed by atoms with van der Waals surface area (Å²) in [5.74, 6) is 0. The second-order valence-electron chi connectivity index (χ2n) is 3.89. The summed E-state index contributed by atoms with van der Waals surface area (Å²) in [7, 11) is 0. The van der Waals surface area contributed by atoms with Crippen LogP contribution in [0, 0.1) is 6.92 Å². The summed E-state index contributed by atoms with van der Waals surface area (Å²) in [6, 6.07) is 8.40. The van der Waals surface area contributed by atoms with Gasteiger partial charge in [0.25, 0.3) is 0 Å². The normalized spacial score (nSPS) is 13.2. The molecule has 0 bridgehead atoms. The van der Waals surface area contributed by atoms with Crippen LogP contribution in [0.25, 0.3) is 5.70 Å². The van der Waals surface area contributed by atoms with Crippen molar-refractivity contribution in [3.63, 3.8) is 0 Å². The fourth-order valence-corrected chi connectivity index (χ4v) is 1.72. The van der Waals surface area contributed by atoms with E-state index in [0.717, 1.165) is 11.4 Å². The number of nitrogens with one attached hydrogen (secondary N) is 1. The Balaban J connectivity index is 2.99. The molecular formula is C16H21N. The maximum atomic E-state index is 3.45. The minimum absolute atomic E-state index is 1.11. The van der Waals surface area contributed by atoms with Crippen molar-refractivity contribution in [1.29, 1.82) is 0 Å². The fourth-order valence-electron chi connectivity index (χ4n) is 1.72. The number of hydrogen-bond donors (Lipinski definition) is 1. The van der Waals surface area contributed by atoms with E-state index in [2.05, 4.69) is 61.7 Å². The second kappa shape index (κ2) is 6.74. The third-order valence-corrected chi connectivity index (χ3v) is 2.66. The third-order valence-electron chi connectivity index (χ3n) is 2.66. The first kappa shape index (κ1) is 13.3. The second-order valence-corrected chi connectivity index (χ2v) is 3.89. The predicted molar refractivity (Wildman–Crippen MR) is 76.5 cm³/mol. The number of aryl methyl sites for hydroxylation is 1. The van der Waals surface area contributed by atoms with Crippen LogP contribution in [-0.4, -0.2) is 0 Å². The van der Waals surface area contributed by atoms with Gasteiger partial charge in [-0.25, -0.2) is 0 Å². The van der Waals surface area contributed by atoms with E-state index in [1.165, 1.54) is 11.1 Å². The number of rotatable bonds is 4. The minimum Gasteiger partial charge on any atom is -0.356 e. The van der Waals surface area contributed by atoms with Gasteiger partial charge in [-0.3, -0.25) is 0 Å². The molecule has 1 rings (SSSR count). The Morgan fingerprint density at radius 1 is 1.06 bits per heavy atom. The molecular weight excluding hydrogens is 206 g/mol. The molecule has 0 amide bonds. The van der Waals surface area contributed by atoms with Crippen molar-refractivity contribution in [2.75, 3.05) is 0 Å². The molecule has 90 valence electrons. The molecule has 0 saturated carbocycles. The zero-order chi connectivity index (χ0) is 12.7. The van der Waals surface area contributed by atoms with Crippen LogP contribution in [-0.2, 0) is 0 Å². The molecule has 0 atom stereocenters. The lowest BCUT2D eigenvalue weighted by Crippen LogP contribution is -2.11. The van der Waals surface area contributed by atoms with Crippen molar-refractivity contribution in [1.82, 2.24) is 5.32 Å². The molecule has 1 nitrogen and oxygen atoms in total. The summed E-state index contributed by atoms with van der Waals surface area (Å²) >= 11 is 0. The van der Waals surface area contributed by atoms with E-state index in [-0.39, 0.29) is 0 Å². The molecule has 0 aliphatic carbocycles. The lowest BCUT2D eigenvalue weighted by atomic mass is 10.1. The van der Waals surface area contributed by atoms with Crippen molar-refractivity contribution in [3.8, 4) is 0 Å². The molecule has 0 aliphatic rings. The highest BCUT2D eigenvalue weighted by Gasteiger charge is 2.03. The number of hydrogen-bond acceptors (Lipinski definition) is 1. The highest BCUT2D eigenvalue weighted by atomic mass is 14.9. The molecule has 0 aromatic heterocycles. The highest BCUT2D eigenvalue weighted by Crippen LogP contribution is 2.17. The van der Waals surface area contributed by atoms with Gasteiger partial charge in [-0.15, -0.1) is 0 Å².